The van der Waals surface area contributed by atoms with E-state index in [9.17, 15) is 9.59 Å². The van der Waals surface area contributed by atoms with E-state index in [1.54, 1.807) is 13.1 Å². The molecule has 0 N–H and O–H groups in total. The lowest BCUT2D eigenvalue weighted by Crippen LogP contribution is -2.55. The minimum absolute atomic E-state index is 0.137. The maximum atomic E-state index is 11.6. The summed E-state index contributed by atoms with van der Waals surface area (Å²) >= 11 is 0. The third-order valence-corrected chi connectivity index (χ3v) is 2.40. The van der Waals surface area contributed by atoms with Crippen LogP contribution in [-0.4, -0.2) is 9.13 Å². The van der Waals surface area contributed by atoms with Crippen LogP contribution in [0.4, 0.5) is 0 Å². The zero-order chi connectivity index (χ0) is 9.59. The van der Waals surface area contributed by atoms with Crippen LogP contribution in [0.25, 0.3) is 12.7 Å². The molecule has 1 aromatic heterocycles. The van der Waals surface area contributed by atoms with Crippen LogP contribution in [0, 0.1) is 0 Å². The van der Waals surface area contributed by atoms with Gasteiger partial charge in [-0.15, -0.1) is 0 Å². The van der Waals surface area contributed by atoms with E-state index in [0.717, 1.165) is 6.42 Å². The van der Waals surface area contributed by atoms with E-state index in [4.69, 9.17) is 0 Å². The Hall–Kier alpha value is -1.58. The van der Waals surface area contributed by atoms with Crippen molar-refractivity contribution in [3.8, 4) is 0 Å². The van der Waals surface area contributed by atoms with Crippen molar-refractivity contribution in [3.05, 3.63) is 31.4 Å². The first-order chi connectivity index (χ1) is 6.13. The largest absolute Gasteiger partial charge is 0.306 e. The number of fused-ring (bicyclic) bond motifs is 1. The second kappa shape index (κ2) is 2.45. The van der Waals surface area contributed by atoms with Gasteiger partial charge in [0.05, 0.1) is 0 Å². The standard InChI is InChI=1S/C9H10N2O2/c1-6-8(12)11-5-3-4-7(11)9(13)10(6)2/h4H,1,3,5H2,2H3. The Labute approximate surface area is 74.1 Å². The van der Waals surface area contributed by atoms with E-state index in [1.165, 1.54) is 9.13 Å². The zero-order valence-corrected chi connectivity index (χ0v) is 7.41. The Balaban J connectivity index is 3.17. The van der Waals surface area contributed by atoms with E-state index >= 15 is 0 Å². The molecular weight excluding hydrogens is 168 g/mol. The Bertz CT molecular complexity index is 577. The molecule has 0 unspecified atom stereocenters. The first-order valence-electron chi connectivity index (χ1n) is 4.12. The maximum absolute atomic E-state index is 11.6. The molecule has 4 nitrogen and oxygen atoms in total. The highest BCUT2D eigenvalue weighted by atomic mass is 16.1. The summed E-state index contributed by atoms with van der Waals surface area (Å²) in [5.74, 6) is 0. The lowest BCUT2D eigenvalue weighted by atomic mass is 10.4. The number of hydrogen-bond acceptors (Lipinski definition) is 2. The quantitative estimate of drug-likeness (QED) is 0.467. The summed E-state index contributed by atoms with van der Waals surface area (Å²) in [7, 11) is 1.57. The van der Waals surface area contributed by atoms with Gasteiger partial charge in [-0.1, -0.05) is 12.7 Å². The van der Waals surface area contributed by atoms with Gasteiger partial charge in [0.1, 0.15) is 10.7 Å². The van der Waals surface area contributed by atoms with Crippen LogP contribution in [0.1, 0.15) is 6.42 Å². The van der Waals surface area contributed by atoms with Crippen molar-refractivity contribution >= 4 is 12.7 Å². The van der Waals surface area contributed by atoms with Gasteiger partial charge < -0.3 is 9.13 Å². The second-order valence-corrected chi connectivity index (χ2v) is 3.15. The minimum Gasteiger partial charge on any atom is -0.306 e. The molecule has 13 heavy (non-hydrogen) atoms. The molecule has 0 fully saturated rings. The van der Waals surface area contributed by atoms with Crippen LogP contribution < -0.4 is 21.8 Å². The summed E-state index contributed by atoms with van der Waals surface area (Å²) in [6.07, 6.45) is 2.55. The van der Waals surface area contributed by atoms with Gasteiger partial charge in [0.15, 0.2) is 0 Å². The van der Waals surface area contributed by atoms with Crippen LogP contribution in [-0.2, 0) is 13.6 Å². The van der Waals surface area contributed by atoms with E-state index in [1.807, 2.05) is 0 Å². The first-order valence-corrected chi connectivity index (χ1v) is 4.12. The maximum Gasteiger partial charge on any atom is 0.274 e. The van der Waals surface area contributed by atoms with Gasteiger partial charge in [-0.3, -0.25) is 9.59 Å². The van der Waals surface area contributed by atoms with Gasteiger partial charge in [-0.2, -0.15) is 0 Å². The summed E-state index contributed by atoms with van der Waals surface area (Å²) in [6.45, 7) is 4.18. The van der Waals surface area contributed by atoms with Gasteiger partial charge in [0.25, 0.3) is 11.1 Å². The van der Waals surface area contributed by atoms with Gasteiger partial charge in [0, 0.05) is 13.6 Å². The monoisotopic (exact) mass is 178 g/mol. The molecule has 1 aliphatic heterocycles. The summed E-state index contributed by atoms with van der Waals surface area (Å²) in [5.41, 5.74) is -0.298. The van der Waals surface area contributed by atoms with Crippen molar-refractivity contribution in [1.29, 1.82) is 0 Å². The van der Waals surface area contributed by atoms with E-state index in [0.29, 0.717) is 11.9 Å². The average Bonchev–Trinajstić information content (AvgIpc) is 2.59. The van der Waals surface area contributed by atoms with Crippen LogP contribution in [0.2, 0.25) is 0 Å². The number of hydrogen-bond donors (Lipinski definition) is 0. The zero-order valence-electron chi connectivity index (χ0n) is 7.41. The first kappa shape index (κ1) is 8.04. The molecule has 0 saturated heterocycles. The van der Waals surface area contributed by atoms with Gasteiger partial charge in [-0.05, 0) is 6.42 Å². The van der Waals surface area contributed by atoms with Gasteiger partial charge in [0.2, 0.25) is 0 Å². The van der Waals surface area contributed by atoms with Crippen molar-refractivity contribution in [1.82, 2.24) is 9.13 Å². The van der Waals surface area contributed by atoms with Gasteiger partial charge >= 0.3 is 0 Å². The molecule has 2 rings (SSSR count). The third kappa shape index (κ3) is 0.915. The minimum atomic E-state index is -0.161. The average molecular weight is 178 g/mol. The molecular formula is C9H10N2O2. The lowest BCUT2D eigenvalue weighted by Gasteiger charge is -2.02. The molecule has 1 aromatic rings. The second-order valence-electron chi connectivity index (χ2n) is 3.15. The van der Waals surface area contributed by atoms with E-state index in [2.05, 4.69) is 6.58 Å². The molecule has 0 saturated carbocycles. The normalized spacial score (nSPS) is 13.9. The predicted octanol–water partition coefficient (Wildman–Crippen LogP) is -1.86. The SMILES string of the molecule is C=c1c(=O)n2c(c(=O)n1C)=CCC2. The number of nitrogens with zero attached hydrogens (tertiary/aromatic N) is 2. The summed E-state index contributed by atoms with van der Waals surface area (Å²) < 4.78 is 2.79. The third-order valence-electron chi connectivity index (χ3n) is 2.40. The molecule has 4 heteroatoms. The van der Waals surface area contributed by atoms with E-state index in [-0.39, 0.29) is 16.5 Å². The molecule has 2 heterocycles. The Morgan fingerprint density at radius 1 is 1.38 bits per heavy atom. The predicted molar refractivity (Wildman–Crippen MR) is 49.8 cm³/mol. The topological polar surface area (TPSA) is 44.0 Å². The summed E-state index contributed by atoms with van der Waals surface area (Å²) in [4.78, 5) is 23.1. The van der Waals surface area contributed by atoms with E-state index < -0.39 is 0 Å². The van der Waals surface area contributed by atoms with Crippen LogP contribution in [0.5, 0.6) is 0 Å². The molecule has 0 spiro atoms. The highest BCUT2D eigenvalue weighted by molar-refractivity contribution is 5.22. The molecule has 0 bridgehead atoms. The van der Waals surface area contributed by atoms with Crippen molar-refractivity contribution < 1.29 is 0 Å². The molecule has 0 aromatic carbocycles. The smallest absolute Gasteiger partial charge is 0.274 e. The van der Waals surface area contributed by atoms with Gasteiger partial charge in [-0.25, -0.2) is 0 Å². The molecule has 1 aliphatic rings. The highest BCUT2D eigenvalue weighted by Crippen LogP contribution is 1.88. The number of aromatic nitrogens is 2. The summed E-state index contributed by atoms with van der Waals surface area (Å²) in [6, 6.07) is 0. The highest BCUT2D eigenvalue weighted by Gasteiger charge is 2.09. The Morgan fingerprint density at radius 3 is 2.77 bits per heavy atom. The Kier molecular flexibility index (Phi) is 1.52. The lowest BCUT2D eigenvalue weighted by molar-refractivity contribution is 0.648. The molecule has 0 radical (unpaired) electrons. The fourth-order valence-electron chi connectivity index (χ4n) is 1.57. The van der Waals surface area contributed by atoms with Crippen LogP contribution in [0.3, 0.4) is 0 Å². The van der Waals surface area contributed by atoms with Crippen molar-refractivity contribution in [2.45, 2.75) is 13.0 Å². The summed E-state index contributed by atoms with van der Waals surface area (Å²) in [5, 5.41) is 0.754. The molecule has 0 atom stereocenters. The Morgan fingerprint density at radius 2 is 2.08 bits per heavy atom. The van der Waals surface area contributed by atoms with Crippen molar-refractivity contribution in [3.63, 3.8) is 0 Å². The van der Waals surface area contributed by atoms with Crippen molar-refractivity contribution in [2.75, 3.05) is 0 Å². The number of rotatable bonds is 0. The fraction of sp³-hybridized carbons (Fsp3) is 0.333. The molecule has 0 amide bonds. The van der Waals surface area contributed by atoms with Crippen LogP contribution in [0.15, 0.2) is 9.59 Å². The van der Waals surface area contributed by atoms with Crippen molar-refractivity contribution in [2.24, 2.45) is 7.05 Å². The molecule has 68 valence electrons. The molecule has 0 aliphatic carbocycles. The fourth-order valence-corrected chi connectivity index (χ4v) is 1.57. The van der Waals surface area contributed by atoms with Crippen LogP contribution >= 0.6 is 0 Å².